The maximum Gasteiger partial charge on any atom is 0.387 e. The summed E-state index contributed by atoms with van der Waals surface area (Å²) >= 11 is 1.26. The number of hydrogen-bond acceptors (Lipinski definition) is 9. The van der Waals surface area contributed by atoms with Gasteiger partial charge in [-0.3, -0.25) is 0 Å². The monoisotopic (exact) mass is 460 g/mol. The Morgan fingerprint density at radius 3 is 2.66 bits per heavy atom. The summed E-state index contributed by atoms with van der Waals surface area (Å²) in [5, 5.41) is 12.6. The number of aromatic nitrogens is 5. The summed E-state index contributed by atoms with van der Waals surface area (Å²) in [7, 11) is 0. The topological polar surface area (TPSA) is 114 Å². The number of halogens is 2. The maximum atomic E-state index is 12.3. The number of nitrogen functional groups attached to an aromatic ring is 1. The molecule has 2 aromatic carbocycles. The lowest BCUT2D eigenvalue weighted by molar-refractivity contribution is -0.0498. The van der Waals surface area contributed by atoms with Gasteiger partial charge < -0.3 is 19.8 Å². The van der Waals surface area contributed by atoms with Gasteiger partial charge in [-0.2, -0.15) is 13.8 Å². The summed E-state index contributed by atoms with van der Waals surface area (Å²) in [4.78, 5) is 4.41. The standard InChI is InChI=1S/C20H18F2N6O3S/c1-2-29-15-6-4-3-5-14(15)17-24-16(31-27-17)11-32-20-26-25-18(28(20)23)12-7-9-13(10-8-12)30-19(21)22/h3-10,19H,2,11,23H2,1H3. The average Bonchev–Trinajstić information content (AvgIpc) is 3.40. The summed E-state index contributed by atoms with van der Waals surface area (Å²) < 4.78 is 41.2. The Balaban J connectivity index is 1.44. The van der Waals surface area contributed by atoms with Crippen LogP contribution in [-0.2, 0) is 5.75 Å². The van der Waals surface area contributed by atoms with Gasteiger partial charge in [0.25, 0.3) is 0 Å². The molecule has 2 heterocycles. The number of nitrogens with zero attached hydrogens (tertiary/aromatic N) is 5. The van der Waals surface area contributed by atoms with E-state index < -0.39 is 6.61 Å². The van der Waals surface area contributed by atoms with Crippen LogP contribution >= 0.6 is 11.8 Å². The van der Waals surface area contributed by atoms with Crippen LogP contribution in [0, 0.1) is 0 Å². The molecule has 2 N–H and O–H groups in total. The molecule has 0 spiro atoms. The van der Waals surface area contributed by atoms with E-state index in [9.17, 15) is 8.78 Å². The molecule has 0 radical (unpaired) electrons. The zero-order valence-electron chi connectivity index (χ0n) is 16.8. The van der Waals surface area contributed by atoms with E-state index in [0.29, 0.717) is 46.4 Å². The lowest BCUT2D eigenvalue weighted by atomic mass is 10.2. The van der Waals surface area contributed by atoms with Crippen molar-refractivity contribution in [1.29, 1.82) is 0 Å². The molecule has 2 aromatic heterocycles. The highest BCUT2D eigenvalue weighted by Crippen LogP contribution is 2.29. The van der Waals surface area contributed by atoms with Crippen molar-refractivity contribution in [2.45, 2.75) is 24.4 Å². The van der Waals surface area contributed by atoms with Crippen LogP contribution in [0.15, 0.2) is 58.2 Å². The van der Waals surface area contributed by atoms with E-state index in [-0.39, 0.29) is 5.75 Å². The second-order valence-corrected chi connectivity index (χ2v) is 7.25. The highest BCUT2D eigenvalue weighted by Gasteiger charge is 2.17. The van der Waals surface area contributed by atoms with Crippen LogP contribution in [0.25, 0.3) is 22.8 Å². The first-order chi connectivity index (χ1) is 15.5. The zero-order valence-corrected chi connectivity index (χ0v) is 17.6. The number of para-hydroxylation sites is 1. The van der Waals surface area contributed by atoms with Gasteiger partial charge >= 0.3 is 6.61 Å². The van der Waals surface area contributed by atoms with Crippen LogP contribution in [0.4, 0.5) is 8.78 Å². The third-order valence-electron chi connectivity index (χ3n) is 4.22. The molecule has 0 amide bonds. The molecule has 0 saturated carbocycles. The molecule has 4 rings (SSSR count). The van der Waals surface area contributed by atoms with E-state index in [2.05, 4.69) is 25.1 Å². The van der Waals surface area contributed by atoms with Gasteiger partial charge in [0, 0.05) is 5.56 Å². The summed E-state index contributed by atoms with van der Waals surface area (Å²) in [5.41, 5.74) is 1.33. The van der Waals surface area contributed by atoms with Crippen LogP contribution in [-0.4, -0.2) is 38.2 Å². The summed E-state index contributed by atoms with van der Waals surface area (Å²) in [6.45, 7) is -0.466. The first-order valence-corrected chi connectivity index (χ1v) is 10.5. The lowest BCUT2D eigenvalue weighted by Gasteiger charge is -2.06. The molecule has 0 fully saturated rings. The van der Waals surface area contributed by atoms with Crippen LogP contribution in [0.3, 0.4) is 0 Å². The SMILES string of the molecule is CCOc1ccccc1-c1noc(CSc2nnc(-c3ccc(OC(F)F)cc3)n2N)n1. The number of rotatable bonds is 9. The Morgan fingerprint density at radius 2 is 1.91 bits per heavy atom. The third kappa shape index (κ3) is 4.80. The van der Waals surface area contributed by atoms with E-state index in [1.807, 2.05) is 31.2 Å². The molecule has 0 aliphatic carbocycles. The molecule has 32 heavy (non-hydrogen) atoms. The average molecular weight is 460 g/mol. The van der Waals surface area contributed by atoms with Crippen molar-refractivity contribution in [2.24, 2.45) is 0 Å². The van der Waals surface area contributed by atoms with Gasteiger partial charge in [0.2, 0.25) is 16.9 Å². The fraction of sp³-hybridized carbons (Fsp3) is 0.200. The van der Waals surface area contributed by atoms with Crippen molar-refractivity contribution in [2.75, 3.05) is 12.4 Å². The fourth-order valence-electron chi connectivity index (χ4n) is 2.84. The number of thioether (sulfide) groups is 1. The van der Waals surface area contributed by atoms with Crippen molar-refractivity contribution in [3.63, 3.8) is 0 Å². The van der Waals surface area contributed by atoms with Crippen LogP contribution in [0.2, 0.25) is 0 Å². The predicted octanol–water partition coefficient (Wildman–Crippen LogP) is 4.00. The van der Waals surface area contributed by atoms with Crippen LogP contribution in [0.1, 0.15) is 12.8 Å². The number of nitrogens with two attached hydrogens (primary N) is 1. The van der Waals surface area contributed by atoms with E-state index >= 15 is 0 Å². The molecule has 12 heteroatoms. The largest absolute Gasteiger partial charge is 0.493 e. The van der Waals surface area contributed by atoms with Crippen molar-refractivity contribution < 1.29 is 22.8 Å². The number of ether oxygens (including phenoxy) is 2. The first-order valence-electron chi connectivity index (χ1n) is 9.48. The second-order valence-electron chi connectivity index (χ2n) is 6.31. The van der Waals surface area contributed by atoms with Crippen molar-refractivity contribution in [1.82, 2.24) is 25.0 Å². The van der Waals surface area contributed by atoms with Gasteiger partial charge in [0.05, 0.1) is 17.9 Å². The van der Waals surface area contributed by atoms with E-state index in [4.69, 9.17) is 15.1 Å². The Bertz CT molecular complexity index is 1180. The van der Waals surface area contributed by atoms with Gasteiger partial charge in [-0.25, -0.2) is 4.68 Å². The molecule has 9 nitrogen and oxygen atoms in total. The normalized spacial score (nSPS) is 11.1. The molecule has 0 saturated heterocycles. The van der Waals surface area contributed by atoms with Gasteiger partial charge in [-0.05, 0) is 43.3 Å². The Labute approximate surface area is 185 Å². The highest BCUT2D eigenvalue weighted by molar-refractivity contribution is 7.98. The summed E-state index contributed by atoms with van der Waals surface area (Å²) in [6, 6.07) is 13.4. The molecular formula is C20H18F2N6O3S. The first kappa shape index (κ1) is 21.6. The minimum atomic E-state index is -2.89. The predicted molar refractivity (Wildman–Crippen MR) is 113 cm³/mol. The number of alkyl halides is 2. The van der Waals surface area contributed by atoms with Crippen molar-refractivity contribution in [3.8, 4) is 34.3 Å². The molecule has 0 aliphatic heterocycles. The molecule has 0 bridgehead atoms. The van der Waals surface area contributed by atoms with Crippen molar-refractivity contribution in [3.05, 3.63) is 54.4 Å². The van der Waals surface area contributed by atoms with Gasteiger partial charge in [0.15, 0.2) is 5.82 Å². The van der Waals surface area contributed by atoms with Gasteiger partial charge in [-0.1, -0.05) is 29.1 Å². The van der Waals surface area contributed by atoms with E-state index in [1.54, 1.807) is 12.1 Å². The summed E-state index contributed by atoms with van der Waals surface area (Å²) in [5.74, 6) is 8.31. The molecule has 166 valence electrons. The van der Waals surface area contributed by atoms with Crippen LogP contribution < -0.4 is 15.3 Å². The van der Waals surface area contributed by atoms with E-state index in [0.717, 1.165) is 5.56 Å². The molecule has 0 aliphatic rings. The molecule has 4 aromatic rings. The minimum Gasteiger partial charge on any atom is -0.493 e. The van der Waals surface area contributed by atoms with Gasteiger partial charge in [0.1, 0.15) is 11.5 Å². The Hall–Kier alpha value is -3.67. The maximum absolute atomic E-state index is 12.3. The molecule has 0 unspecified atom stereocenters. The minimum absolute atomic E-state index is 0.0412. The third-order valence-corrected chi connectivity index (χ3v) is 5.15. The number of hydrogen-bond donors (Lipinski definition) is 1. The highest BCUT2D eigenvalue weighted by atomic mass is 32.2. The lowest BCUT2D eigenvalue weighted by Crippen LogP contribution is -2.11. The Kier molecular flexibility index (Phi) is 6.50. The Morgan fingerprint density at radius 1 is 1.12 bits per heavy atom. The smallest absolute Gasteiger partial charge is 0.387 e. The zero-order chi connectivity index (χ0) is 22.5. The van der Waals surface area contributed by atoms with Crippen molar-refractivity contribution >= 4 is 11.8 Å². The van der Waals surface area contributed by atoms with Gasteiger partial charge in [-0.15, -0.1) is 10.2 Å². The fourth-order valence-corrected chi connectivity index (χ4v) is 3.53. The van der Waals surface area contributed by atoms with Crippen LogP contribution in [0.5, 0.6) is 11.5 Å². The van der Waals surface area contributed by atoms with E-state index in [1.165, 1.54) is 28.6 Å². The number of benzene rings is 2. The molecule has 0 atom stereocenters. The molecular weight excluding hydrogens is 442 g/mol. The second kappa shape index (κ2) is 9.64. The summed E-state index contributed by atoms with van der Waals surface area (Å²) in [6.07, 6.45) is 0. The quantitative estimate of drug-likeness (QED) is 0.292.